The van der Waals surface area contributed by atoms with Crippen molar-refractivity contribution >= 4 is 68.1 Å². The van der Waals surface area contributed by atoms with Crippen molar-refractivity contribution < 1.29 is 86.7 Å². The number of phenols is 2. The number of rotatable bonds is 19. The lowest BCUT2D eigenvalue weighted by Crippen LogP contribution is -2.10. The summed E-state index contributed by atoms with van der Waals surface area (Å²) in [5, 5.41) is 32.5. The number of carbonyl (C=O) groups is 6. The Kier molecular flexibility index (Phi) is 23.3. The summed E-state index contributed by atoms with van der Waals surface area (Å²) < 4.78 is 47.2. The maximum absolute atomic E-state index is 13.4. The number of aromatic carboxylic acids is 1. The Bertz CT molecular complexity index is 4240. The van der Waals surface area contributed by atoms with E-state index in [4.69, 9.17) is 47.7 Å². The van der Waals surface area contributed by atoms with Crippen molar-refractivity contribution in [1.82, 2.24) is 0 Å². The van der Waals surface area contributed by atoms with Crippen molar-refractivity contribution in [2.24, 2.45) is 0 Å². The van der Waals surface area contributed by atoms with Gasteiger partial charge in [-0.25, -0.2) is 28.8 Å². The molecule has 0 aromatic heterocycles. The van der Waals surface area contributed by atoms with Crippen LogP contribution in [-0.2, 0) is 33.3 Å². The number of benzene rings is 10. The lowest BCUT2D eigenvalue weighted by atomic mass is 10.0. The third kappa shape index (κ3) is 19.2. The van der Waals surface area contributed by atoms with Crippen LogP contribution in [-0.4, -0.2) is 84.7 Å². The minimum Gasteiger partial charge on any atom is -0.508 e. The fourth-order valence-corrected chi connectivity index (χ4v) is 8.68. The van der Waals surface area contributed by atoms with E-state index in [2.05, 4.69) is 19.7 Å². The molecule has 1 heterocycles. The van der Waals surface area contributed by atoms with Gasteiger partial charge in [0.05, 0.1) is 16.7 Å². The topological polar surface area (TPSA) is 246 Å². The standard InChI is InChI=1S/C42H30O10.C15H12O5.C12H10O2.C4H8O/c1-3-39(43)49-25-47-34-16-14-28-20-32(12-10-30(28)22-34)41(45)51-36-18-19-38(37(24-36)27-8-6-5-7-9-27)52-42(46)33-13-11-31-23-35(17-15-29(31)21-33)48-26-50-40(44)4-2;1-2-14(16)20-9-19-13-6-5-10-7-12(15(17)18)4-3-11(10)8-13;13-10-6-7-12(14)11(8-10)9-4-2-1-3-5-9;1-2-4-5-3-1/h3-24H,1-2,25-26H2;2-8H,1,9H2,(H,17,18);1-8,13-14H;1-4H2. The van der Waals surface area contributed by atoms with Crippen molar-refractivity contribution in [3.05, 3.63) is 261 Å². The molecule has 1 aliphatic rings. The zero-order valence-electron chi connectivity index (χ0n) is 48.9. The average Bonchev–Trinajstić information content (AvgIpc) is 1.92. The highest BCUT2D eigenvalue weighted by Crippen LogP contribution is 2.36. The normalized spacial score (nSPS) is 11.1. The van der Waals surface area contributed by atoms with E-state index in [0.29, 0.717) is 39.5 Å². The minimum absolute atomic E-state index is 0.154. The van der Waals surface area contributed by atoms with E-state index in [0.717, 1.165) is 74.9 Å². The van der Waals surface area contributed by atoms with Crippen LogP contribution in [0.15, 0.2) is 244 Å². The highest BCUT2D eigenvalue weighted by atomic mass is 16.7. The highest BCUT2D eigenvalue weighted by molar-refractivity contribution is 5.99. The maximum Gasteiger partial charge on any atom is 0.343 e. The Balaban J connectivity index is 0.000000219. The molecule has 0 saturated carbocycles. The van der Waals surface area contributed by atoms with Gasteiger partial charge < -0.3 is 58.0 Å². The largest absolute Gasteiger partial charge is 0.508 e. The number of aromatic hydroxyl groups is 2. The van der Waals surface area contributed by atoms with E-state index in [9.17, 15) is 39.0 Å². The van der Waals surface area contributed by atoms with Crippen molar-refractivity contribution in [1.29, 1.82) is 0 Å². The summed E-state index contributed by atoms with van der Waals surface area (Å²) in [6, 6.07) is 58.7. The zero-order chi connectivity index (χ0) is 64.5. The molecule has 1 fully saturated rings. The Labute approximate surface area is 522 Å². The third-order valence-electron chi connectivity index (χ3n) is 13.3. The van der Waals surface area contributed by atoms with Gasteiger partial charge in [-0.2, -0.15) is 0 Å². The van der Waals surface area contributed by atoms with Gasteiger partial charge >= 0.3 is 35.8 Å². The highest BCUT2D eigenvalue weighted by Gasteiger charge is 2.18. The average molecular weight is 1230 g/mol. The second-order valence-corrected chi connectivity index (χ2v) is 19.5. The molecule has 18 heteroatoms. The summed E-state index contributed by atoms with van der Waals surface area (Å²) in [5.74, 6) is -1.51. The van der Waals surface area contributed by atoms with Gasteiger partial charge in [-0.1, -0.05) is 117 Å². The Morgan fingerprint density at radius 3 is 1.23 bits per heavy atom. The van der Waals surface area contributed by atoms with E-state index in [-0.39, 0.29) is 48.9 Å². The van der Waals surface area contributed by atoms with Crippen LogP contribution in [0.5, 0.6) is 40.2 Å². The number of hydrogen-bond donors (Lipinski definition) is 3. The molecule has 0 bridgehead atoms. The molecule has 11 rings (SSSR count). The van der Waals surface area contributed by atoms with Crippen molar-refractivity contribution in [2.45, 2.75) is 12.8 Å². The first kappa shape index (κ1) is 65.0. The number of carbonyl (C=O) groups excluding carboxylic acids is 5. The molecule has 1 aliphatic heterocycles. The summed E-state index contributed by atoms with van der Waals surface area (Å²) >= 11 is 0. The first-order valence-corrected chi connectivity index (χ1v) is 28.1. The molecule has 0 spiro atoms. The van der Waals surface area contributed by atoms with Gasteiger partial charge in [-0.15, -0.1) is 0 Å². The van der Waals surface area contributed by atoms with Gasteiger partial charge in [0.15, 0.2) is 0 Å². The smallest absolute Gasteiger partial charge is 0.343 e. The molecule has 18 nitrogen and oxygen atoms in total. The molecule has 10 aromatic rings. The minimum atomic E-state index is -0.969. The van der Waals surface area contributed by atoms with Crippen molar-refractivity contribution in [3.63, 3.8) is 0 Å². The lowest BCUT2D eigenvalue weighted by Gasteiger charge is -2.13. The second kappa shape index (κ2) is 32.6. The molecule has 0 unspecified atom stereocenters. The second-order valence-electron chi connectivity index (χ2n) is 19.5. The number of esters is 5. The molecule has 0 radical (unpaired) electrons. The van der Waals surface area contributed by atoms with Gasteiger partial charge in [0, 0.05) is 42.6 Å². The van der Waals surface area contributed by atoms with E-state index >= 15 is 0 Å². The predicted molar refractivity (Wildman–Crippen MR) is 341 cm³/mol. The summed E-state index contributed by atoms with van der Waals surface area (Å²) in [6.45, 7) is 11.2. The van der Waals surface area contributed by atoms with Crippen molar-refractivity contribution in [3.8, 4) is 62.5 Å². The van der Waals surface area contributed by atoms with Crippen LogP contribution < -0.4 is 23.7 Å². The monoisotopic (exact) mass is 1220 g/mol. The summed E-state index contributed by atoms with van der Waals surface area (Å²) in [4.78, 5) is 70.8. The molecular weight excluding hydrogens is 1160 g/mol. The molecule has 0 aliphatic carbocycles. The summed E-state index contributed by atoms with van der Waals surface area (Å²) in [7, 11) is 0. The van der Waals surface area contributed by atoms with Crippen LogP contribution in [0, 0.1) is 0 Å². The van der Waals surface area contributed by atoms with Crippen LogP contribution in [0.25, 0.3) is 54.6 Å². The van der Waals surface area contributed by atoms with E-state index in [1.54, 1.807) is 127 Å². The quantitative estimate of drug-likeness (QED) is 0.0170. The number of ether oxygens (including phenoxy) is 9. The van der Waals surface area contributed by atoms with E-state index < -0.39 is 35.8 Å². The number of fused-ring (bicyclic) bond motifs is 3. The van der Waals surface area contributed by atoms with Gasteiger partial charge in [0.2, 0.25) is 20.4 Å². The predicted octanol–water partition coefficient (Wildman–Crippen LogP) is 14.4. The van der Waals surface area contributed by atoms with E-state index in [1.165, 1.54) is 31.0 Å². The first-order chi connectivity index (χ1) is 44.2. The third-order valence-corrected chi connectivity index (χ3v) is 13.3. The van der Waals surface area contributed by atoms with Crippen LogP contribution in [0.2, 0.25) is 0 Å². The van der Waals surface area contributed by atoms with Crippen molar-refractivity contribution in [2.75, 3.05) is 33.6 Å². The molecule has 3 N–H and O–H groups in total. The molecule has 10 aromatic carbocycles. The fraction of sp³-hybridized carbons (Fsp3) is 0.0959. The summed E-state index contributed by atoms with van der Waals surface area (Å²) in [5.41, 5.74) is 3.70. The molecule has 1 saturated heterocycles. The van der Waals surface area contributed by atoms with Crippen LogP contribution in [0.1, 0.15) is 43.9 Å². The van der Waals surface area contributed by atoms with Gasteiger partial charge in [0.1, 0.15) is 40.2 Å². The number of phenolic OH excluding ortho intramolecular Hbond substituents is 2. The SMILES string of the molecule is C1CCOC1.C=CC(=O)OCOc1ccc2cc(C(=O)O)ccc2c1.C=CC(=O)OCOc1ccc2cc(C(=O)Oc3ccc(OC(=O)c4ccc5cc(OCOC(=O)C=C)ccc5c4)c(-c4ccccc4)c3)ccc2c1.Oc1ccc(O)c(-c2ccccc2)c1. The molecule has 0 amide bonds. The van der Waals surface area contributed by atoms with Gasteiger partial charge in [-0.05, 0) is 165 Å². The Hall–Kier alpha value is -12.0. The molecule has 0 atom stereocenters. The lowest BCUT2D eigenvalue weighted by molar-refractivity contribution is -0.145. The molecule has 91 heavy (non-hydrogen) atoms. The van der Waals surface area contributed by atoms with Crippen LogP contribution >= 0.6 is 0 Å². The van der Waals surface area contributed by atoms with Crippen LogP contribution in [0.4, 0.5) is 0 Å². The van der Waals surface area contributed by atoms with E-state index in [1.807, 2.05) is 60.7 Å². The van der Waals surface area contributed by atoms with Gasteiger partial charge in [-0.3, -0.25) is 0 Å². The number of carboxylic acid groups (broad SMARTS) is 1. The molecular formula is C73H60O18. The zero-order valence-corrected chi connectivity index (χ0v) is 48.9. The van der Waals surface area contributed by atoms with Crippen LogP contribution in [0.3, 0.4) is 0 Å². The first-order valence-electron chi connectivity index (χ1n) is 28.1. The molecule has 460 valence electrons. The fourth-order valence-electron chi connectivity index (χ4n) is 8.68. The summed E-state index contributed by atoms with van der Waals surface area (Å²) in [6.07, 6.45) is 5.71. The van der Waals surface area contributed by atoms with Gasteiger partial charge in [0.25, 0.3) is 0 Å². The Morgan fingerprint density at radius 1 is 0.407 bits per heavy atom. The number of hydrogen-bond acceptors (Lipinski definition) is 17. The Morgan fingerprint density at radius 2 is 0.802 bits per heavy atom. The number of carboxylic acids is 1. The maximum atomic E-state index is 13.4.